The molecule has 0 aromatic rings. The summed E-state index contributed by atoms with van der Waals surface area (Å²) in [5, 5.41) is 17.8. The molecule has 18 N–H and O–H groups in total. The summed E-state index contributed by atoms with van der Waals surface area (Å²) in [6.07, 6.45) is 9.27. The van der Waals surface area contributed by atoms with E-state index in [2.05, 4.69) is 31.9 Å². The lowest BCUT2D eigenvalue weighted by Gasteiger charge is -2.30. The molecule has 0 aromatic heterocycles. The van der Waals surface area contributed by atoms with E-state index in [1.807, 2.05) is 20.8 Å². The second-order valence-electron chi connectivity index (χ2n) is 17.5. The van der Waals surface area contributed by atoms with Crippen LogP contribution in [0.25, 0.3) is 0 Å². The first-order valence-electron chi connectivity index (χ1n) is 23.0. The van der Waals surface area contributed by atoms with Crippen LogP contribution in [0.2, 0.25) is 0 Å². The molecule has 0 saturated heterocycles. The Morgan fingerprint density at radius 3 is 0.803 bits per heavy atom. The fraction of sp³-hybridized carbons (Fsp3) is 0.860. The number of nitrogens with two attached hydrogens (primary N) is 6. The molecule has 0 radical (unpaired) electrons. The van der Waals surface area contributed by atoms with Crippen molar-refractivity contribution in [3.63, 3.8) is 0 Å². The number of carbonyl (C=O) groups is 6. The van der Waals surface area contributed by atoms with Crippen molar-refractivity contribution < 1.29 is 28.8 Å². The molecular formula is C43H88N12O6. The third kappa shape index (κ3) is 26.7. The van der Waals surface area contributed by atoms with Crippen LogP contribution < -0.4 is 66.3 Å². The molecule has 0 fully saturated rings. The SMILES string of the molecule is CC(C)C(=O)C(CCCCN)NC(=O)C(CCCCN)NC(=O)C(CCCCN)NC(=O)C(CCCCN)NC(=O)C(CCCCN)NC(=O)C(CCCCN)NC(C)(C)C. The van der Waals surface area contributed by atoms with Crippen LogP contribution in [0, 0.1) is 5.92 Å². The maximum absolute atomic E-state index is 14.2. The zero-order chi connectivity index (χ0) is 46.2. The summed E-state index contributed by atoms with van der Waals surface area (Å²) < 4.78 is 0. The Balaban J connectivity index is 6.52. The van der Waals surface area contributed by atoms with E-state index >= 15 is 0 Å². The van der Waals surface area contributed by atoms with Crippen molar-refractivity contribution in [2.45, 2.75) is 192 Å². The topological polar surface area (TPSA) is 331 Å². The van der Waals surface area contributed by atoms with Gasteiger partial charge in [-0.05, 0) is 169 Å². The number of amides is 5. The molecule has 0 aliphatic heterocycles. The zero-order valence-corrected chi connectivity index (χ0v) is 38.4. The van der Waals surface area contributed by atoms with Gasteiger partial charge in [0.05, 0.1) is 12.1 Å². The van der Waals surface area contributed by atoms with Gasteiger partial charge in [-0.3, -0.25) is 28.8 Å². The molecule has 5 amide bonds. The van der Waals surface area contributed by atoms with Crippen molar-refractivity contribution in [2.24, 2.45) is 40.3 Å². The number of hydrogen-bond donors (Lipinski definition) is 12. The smallest absolute Gasteiger partial charge is 0.243 e. The number of unbranched alkanes of at least 4 members (excludes halogenated alkanes) is 6. The van der Waals surface area contributed by atoms with E-state index in [0.29, 0.717) is 123 Å². The van der Waals surface area contributed by atoms with Gasteiger partial charge in [0, 0.05) is 11.5 Å². The first-order valence-corrected chi connectivity index (χ1v) is 23.0. The van der Waals surface area contributed by atoms with Crippen LogP contribution in [0.15, 0.2) is 0 Å². The Hall–Kier alpha value is -3.26. The maximum Gasteiger partial charge on any atom is 0.243 e. The molecule has 356 valence electrons. The normalized spacial score (nSPS) is 14.6. The molecule has 0 rings (SSSR count). The van der Waals surface area contributed by atoms with Crippen LogP contribution in [0.3, 0.4) is 0 Å². The highest BCUT2D eigenvalue weighted by atomic mass is 16.2. The molecule has 6 unspecified atom stereocenters. The third-order valence-corrected chi connectivity index (χ3v) is 10.4. The van der Waals surface area contributed by atoms with Crippen LogP contribution in [-0.4, -0.2) is 116 Å². The number of nitrogens with one attached hydrogen (secondary N) is 6. The summed E-state index contributed by atoms with van der Waals surface area (Å²) in [5.41, 5.74) is 34.1. The Bertz CT molecular complexity index is 1250. The molecular weight excluding hydrogens is 781 g/mol. The van der Waals surface area contributed by atoms with Gasteiger partial charge in [-0.2, -0.15) is 0 Å². The molecule has 0 saturated carbocycles. The summed E-state index contributed by atoms with van der Waals surface area (Å²) in [6.45, 7) is 11.9. The Kier molecular flexibility index (Phi) is 32.4. The van der Waals surface area contributed by atoms with Crippen molar-refractivity contribution in [2.75, 3.05) is 39.3 Å². The lowest BCUT2D eigenvalue weighted by atomic mass is 9.96. The minimum Gasteiger partial charge on any atom is -0.345 e. The lowest BCUT2D eigenvalue weighted by molar-refractivity contribution is -0.135. The molecule has 0 aliphatic carbocycles. The van der Waals surface area contributed by atoms with Gasteiger partial charge in [0.25, 0.3) is 0 Å². The summed E-state index contributed by atoms with van der Waals surface area (Å²) in [7, 11) is 0. The minimum atomic E-state index is -1.08. The largest absolute Gasteiger partial charge is 0.345 e. The Morgan fingerprint density at radius 1 is 0.361 bits per heavy atom. The number of carbonyl (C=O) groups excluding carboxylic acids is 6. The second-order valence-corrected chi connectivity index (χ2v) is 17.5. The van der Waals surface area contributed by atoms with E-state index in [4.69, 9.17) is 34.4 Å². The van der Waals surface area contributed by atoms with Crippen molar-refractivity contribution >= 4 is 35.3 Å². The zero-order valence-electron chi connectivity index (χ0n) is 38.4. The maximum atomic E-state index is 14.2. The molecule has 18 heteroatoms. The van der Waals surface area contributed by atoms with E-state index in [-0.39, 0.29) is 42.4 Å². The highest BCUT2D eigenvalue weighted by Gasteiger charge is 2.33. The summed E-state index contributed by atoms with van der Waals surface area (Å²) in [6, 6.07) is -5.42. The number of hydrogen-bond acceptors (Lipinski definition) is 13. The van der Waals surface area contributed by atoms with Gasteiger partial charge >= 0.3 is 0 Å². The van der Waals surface area contributed by atoms with Gasteiger partial charge in [-0.15, -0.1) is 0 Å². The van der Waals surface area contributed by atoms with E-state index < -0.39 is 59.9 Å². The molecule has 6 atom stereocenters. The van der Waals surface area contributed by atoms with E-state index in [9.17, 15) is 28.8 Å². The highest BCUT2D eigenvalue weighted by Crippen LogP contribution is 2.13. The predicted molar refractivity (Wildman–Crippen MR) is 244 cm³/mol. The van der Waals surface area contributed by atoms with Crippen molar-refractivity contribution in [3.8, 4) is 0 Å². The fourth-order valence-electron chi connectivity index (χ4n) is 6.87. The van der Waals surface area contributed by atoms with Crippen molar-refractivity contribution in [1.82, 2.24) is 31.9 Å². The first-order chi connectivity index (χ1) is 29.0. The van der Waals surface area contributed by atoms with Gasteiger partial charge in [0.2, 0.25) is 29.5 Å². The summed E-state index contributed by atoms with van der Waals surface area (Å²) in [4.78, 5) is 82.9. The third-order valence-electron chi connectivity index (χ3n) is 10.4. The molecule has 0 heterocycles. The predicted octanol–water partition coefficient (Wildman–Crippen LogP) is 0.166. The minimum absolute atomic E-state index is 0.114. The van der Waals surface area contributed by atoms with Crippen LogP contribution in [0.4, 0.5) is 0 Å². The van der Waals surface area contributed by atoms with Crippen molar-refractivity contribution in [1.29, 1.82) is 0 Å². The van der Waals surface area contributed by atoms with Crippen LogP contribution in [0.5, 0.6) is 0 Å². The average molecular weight is 869 g/mol. The quantitative estimate of drug-likeness (QED) is 0.0371. The highest BCUT2D eigenvalue weighted by molar-refractivity contribution is 5.97. The molecule has 18 nitrogen and oxygen atoms in total. The molecule has 0 aromatic carbocycles. The van der Waals surface area contributed by atoms with Gasteiger partial charge in [-0.25, -0.2) is 0 Å². The first kappa shape index (κ1) is 57.7. The van der Waals surface area contributed by atoms with E-state index in [1.54, 1.807) is 13.8 Å². The van der Waals surface area contributed by atoms with Crippen LogP contribution in [0.1, 0.15) is 150 Å². The van der Waals surface area contributed by atoms with Gasteiger partial charge < -0.3 is 66.3 Å². The summed E-state index contributed by atoms with van der Waals surface area (Å²) in [5.74, 6) is -2.98. The average Bonchev–Trinajstić information content (AvgIpc) is 3.20. The lowest BCUT2D eigenvalue weighted by Crippen LogP contribution is -2.60. The Labute approximate surface area is 366 Å². The molecule has 61 heavy (non-hydrogen) atoms. The number of ketones is 1. The van der Waals surface area contributed by atoms with Gasteiger partial charge in [0.1, 0.15) is 24.2 Å². The second kappa shape index (κ2) is 34.3. The van der Waals surface area contributed by atoms with Crippen LogP contribution in [-0.2, 0) is 28.8 Å². The standard InChI is InChI=1S/C43H88N12O6/c1-30(2)37(56)31(18-6-12-24-44)50-38(57)32(19-7-13-25-45)51-39(58)33(20-8-14-26-46)52-40(59)34(21-9-15-27-47)53-41(60)35(22-10-16-28-48)54-42(61)36(23-11-17-29-49)55-43(3,4)5/h30-36,55H,6-29,44-49H2,1-5H3,(H,50,57)(H,51,58)(H,52,59)(H,53,60)(H,54,61). The van der Waals surface area contributed by atoms with Crippen molar-refractivity contribution in [3.05, 3.63) is 0 Å². The number of rotatable bonds is 37. The monoisotopic (exact) mass is 869 g/mol. The van der Waals surface area contributed by atoms with E-state index in [0.717, 1.165) is 12.8 Å². The van der Waals surface area contributed by atoms with Gasteiger partial charge in [0.15, 0.2) is 5.78 Å². The Morgan fingerprint density at radius 2 is 0.574 bits per heavy atom. The summed E-state index contributed by atoms with van der Waals surface area (Å²) >= 11 is 0. The molecule has 0 aliphatic rings. The van der Waals surface area contributed by atoms with Crippen LogP contribution >= 0.6 is 0 Å². The molecule has 0 spiro atoms. The fourth-order valence-corrected chi connectivity index (χ4v) is 6.87. The van der Waals surface area contributed by atoms with Gasteiger partial charge in [-0.1, -0.05) is 20.3 Å². The number of Topliss-reactive ketones (excluding diaryl/α,β-unsaturated/α-hetero) is 1. The molecule has 0 bridgehead atoms. The van der Waals surface area contributed by atoms with E-state index in [1.165, 1.54) is 0 Å².